The van der Waals surface area contributed by atoms with Gasteiger partial charge in [-0.1, -0.05) is 0 Å². The van der Waals surface area contributed by atoms with Gasteiger partial charge in [-0.25, -0.2) is 4.68 Å². The minimum absolute atomic E-state index is 0.0180. The summed E-state index contributed by atoms with van der Waals surface area (Å²) in [4.78, 5) is 51.1. The molecule has 0 N–H and O–H groups in total. The number of fused-ring (bicyclic) bond motifs is 5. The molecular weight excluding hydrogens is 458 g/mol. The first-order chi connectivity index (χ1) is 16.8. The van der Waals surface area contributed by atoms with Crippen LogP contribution in [0.1, 0.15) is 18.0 Å². The number of nitrogens with zero attached hydrogens (tertiary/aromatic N) is 5. The van der Waals surface area contributed by atoms with Gasteiger partial charge in [0.2, 0.25) is 5.91 Å². The summed E-state index contributed by atoms with van der Waals surface area (Å²) in [6, 6.07) is 6.22. The summed E-state index contributed by atoms with van der Waals surface area (Å²) in [5.41, 5.74) is -0.839. The Kier molecular flexibility index (Phi) is 5.50. The Labute approximate surface area is 198 Å². The maximum Gasteiger partial charge on any atom is 0.334 e. The average Bonchev–Trinajstić information content (AvgIpc) is 2.85. The molecule has 2 aliphatic rings. The summed E-state index contributed by atoms with van der Waals surface area (Å²) in [6.07, 6.45) is 2.29. The van der Waals surface area contributed by atoms with Crippen molar-refractivity contribution in [2.45, 2.75) is 25.4 Å². The first-order valence-corrected chi connectivity index (χ1v) is 11.1. The van der Waals surface area contributed by atoms with E-state index in [2.05, 4.69) is 5.10 Å². The molecule has 12 heteroatoms. The standard InChI is InChI=1S/C23H23N5O7/c1-34-18-6-3-14-8-24-27(23(31)20(14)21(18)35-2)12-19(29)25-9-13-7-15(11-25)16-4-5-17(28(32)33)22(30)26(16)10-13/h3-6,8,13,15H,7,9-12H2,1-2H3/t13-,15+/m1/s1. The number of ether oxygens (including phenoxy) is 2. The number of amides is 1. The molecule has 0 unspecified atom stereocenters. The quantitative estimate of drug-likeness (QED) is 0.390. The van der Waals surface area contributed by atoms with E-state index in [0.29, 0.717) is 36.5 Å². The fraction of sp³-hybridized carbons (Fsp3) is 0.391. The summed E-state index contributed by atoms with van der Waals surface area (Å²) < 4.78 is 13.3. The number of aromatic nitrogens is 3. The van der Waals surface area contributed by atoms with Crippen LogP contribution >= 0.6 is 0 Å². The van der Waals surface area contributed by atoms with Crippen LogP contribution in [-0.4, -0.2) is 57.4 Å². The molecule has 1 saturated heterocycles. The molecule has 1 amide bonds. The van der Waals surface area contributed by atoms with Gasteiger partial charge < -0.3 is 18.9 Å². The Bertz CT molecular complexity index is 1480. The van der Waals surface area contributed by atoms with Crippen molar-refractivity contribution in [2.24, 2.45) is 5.92 Å². The number of hydrogen-bond donors (Lipinski definition) is 0. The van der Waals surface area contributed by atoms with Gasteiger partial charge in [0.1, 0.15) is 6.54 Å². The van der Waals surface area contributed by atoms with E-state index >= 15 is 0 Å². The lowest BCUT2D eigenvalue weighted by Gasteiger charge is -2.42. The van der Waals surface area contributed by atoms with Gasteiger partial charge in [-0.15, -0.1) is 0 Å². The number of likely N-dealkylation sites (tertiary alicyclic amines) is 1. The number of pyridine rings is 1. The molecule has 1 fully saturated rings. The van der Waals surface area contributed by atoms with Gasteiger partial charge >= 0.3 is 11.2 Å². The molecule has 2 bridgehead atoms. The predicted molar refractivity (Wildman–Crippen MR) is 124 cm³/mol. The fourth-order valence-corrected chi connectivity index (χ4v) is 5.20. The Hall–Kier alpha value is -4.22. The van der Waals surface area contributed by atoms with Crippen LogP contribution in [0.15, 0.2) is 40.1 Å². The molecule has 35 heavy (non-hydrogen) atoms. The largest absolute Gasteiger partial charge is 0.493 e. The lowest BCUT2D eigenvalue weighted by Crippen LogP contribution is -2.50. The molecular formula is C23H23N5O7. The monoisotopic (exact) mass is 481 g/mol. The summed E-state index contributed by atoms with van der Waals surface area (Å²) >= 11 is 0. The molecule has 182 valence electrons. The van der Waals surface area contributed by atoms with E-state index in [1.807, 2.05) is 0 Å². The van der Waals surface area contributed by atoms with E-state index in [0.717, 1.165) is 11.1 Å². The van der Waals surface area contributed by atoms with Gasteiger partial charge in [0, 0.05) is 42.7 Å². The van der Waals surface area contributed by atoms with E-state index in [9.17, 15) is 24.5 Å². The highest BCUT2D eigenvalue weighted by atomic mass is 16.6. The van der Waals surface area contributed by atoms with Crippen LogP contribution < -0.4 is 20.6 Å². The third-order valence-electron chi connectivity index (χ3n) is 6.78. The topological polar surface area (TPSA) is 139 Å². The maximum absolute atomic E-state index is 13.2. The van der Waals surface area contributed by atoms with E-state index in [4.69, 9.17) is 9.47 Å². The second-order valence-corrected chi connectivity index (χ2v) is 8.79. The molecule has 0 saturated carbocycles. The minimum Gasteiger partial charge on any atom is -0.493 e. The summed E-state index contributed by atoms with van der Waals surface area (Å²) in [5, 5.41) is 16.2. The second-order valence-electron chi connectivity index (χ2n) is 8.79. The maximum atomic E-state index is 13.2. The fourth-order valence-electron chi connectivity index (χ4n) is 5.20. The van der Waals surface area contributed by atoms with E-state index in [1.54, 1.807) is 23.1 Å². The molecule has 1 aromatic carbocycles. The molecule has 3 aromatic rings. The Morgan fingerprint density at radius 3 is 2.63 bits per heavy atom. The number of carbonyl (C=O) groups excluding carboxylic acids is 1. The molecule has 2 atom stereocenters. The molecule has 0 radical (unpaired) electrons. The molecule has 0 spiro atoms. The zero-order valence-corrected chi connectivity index (χ0v) is 19.2. The first-order valence-electron chi connectivity index (χ1n) is 11.1. The van der Waals surface area contributed by atoms with Crippen LogP contribution in [0.2, 0.25) is 0 Å². The normalized spacial score (nSPS) is 18.7. The zero-order valence-electron chi connectivity index (χ0n) is 19.2. The van der Waals surface area contributed by atoms with Gasteiger partial charge in [0.25, 0.3) is 5.56 Å². The van der Waals surface area contributed by atoms with Crippen LogP contribution in [0.25, 0.3) is 10.8 Å². The Morgan fingerprint density at radius 2 is 1.91 bits per heavy atom. The van der Waals surface area contributed by atoms with Crippen molar-refractivity contribution in [3.8, 4) is 11.5 Å². The highest BCUT2D eigenvalue weighted by Gasteiger charge is 2.37. The van der Waals surface area contributed by atoms with Crippen molar-refractivity contribution in [1.82, 2.24) is 19.2 Å². The van der Waals surface area contributed by atoms with E-state index in [-0.39, 0.29) is 35.4 Å². The lowest BCUT2D eigenvalue weighted by molar-refractivity contribution is -0.386. The Balaban J connectivity index is 1.42. The van der Waals surface area contributed by atoms with Crippen LogP contribution in [0, 0.1) is 16.0 Å². The summed E-state index contributed by atoms with van der Waals surface area (Å²) in [7, 11) is 2.92. The highest BCUT2D eigenvalue weighted by molar-refractivity contribution is 5.89. The van der Waals surface area contributed by atoms with Gasteiger partial charge in [-0.3, -0.25) is 24.5 Å². The van der Waals surface area contributed by atoms with Crippen LogP contribution in [0.4, 0.5) is 5.69 Å². The predicted octanol–water partition coefficient (Wildman–Crippen LogP) is 1.13. The number of piperidine rings is 1. The number of carbonyl (C=O) groups is 1. The summed E-state index contributed by atoms with van der Waals surface area (Å²) in [5.74, 6) is 0.274. The average molecular weight is 481 g/mol. The van der Waals surface area contributed by atoms with Gasteiger partial charge in [0.15, 0.2) is 11.5 Å². The van der Waals surface area contributed by atoms with Crippen molar-refractivity contribution < 1.29 is 19.2 Å². The highest BCUT2D eigenvalue weighted by Crippen LogP contribution is 2.36. The molecule has 4 heterocycles. The molecule has 5 rings (SSSR count). The number of benzene rings is 1. The SMILES string of the molecule is COc1ccc2cnn(CC(=O)N3C[C@H]4C[C@@H](C3)c3ccc([N+](=O)[O-])c(=O)n3C4)c(=O)c2c1OC. The molecule has 12 nitrogen and oxygen atoms in total. The van der Waals surface area contributed by atoms with Crippen LogP contribution in [0.3, 0.4) is 0 Å². The van der Waals surface area contributed by atoms with Crippen molar-refractivity contribution in [2.75, 3.05) is 27.3 Å². The van der Waals surface area contributed by atoms with Gasteiger partial charge in [-0.05, 0) is 30.5 Å². The number of nitro groups is 1. The second kappa shape index (κ2) is 8.53. The van der Waals surface area contributed by atoms with Crippen molar-refractivity contribution in [1.29, 1.82) is 0 Å². The van der Waals surface area contributed by atoms with Crippen LogP contribution in [-0.2, 0) is 17.9 Å². The van der Waals surface area contributed by atoms with Gasteiger partial charge in [0.05, 0.1) is 30.7 Å². The third kappa shape index (κ3) is 3.70. The number of hydrogen-bond acceptors (Lipinski definition) is 8. The van der Waals surface area contributed by atoms with Crippen molar-refractivity contribution >= 4 is 22.4 Å². The smallest absolute Gasteiger partial charge is 0.334 e. The first kappa shape index (κ1) is 22.6. The van der Waals surface area contributed by atoms with Gasteiger partial charge in [-0.2, -0.15) is 5.10 Å². The van der Waals surface area contributed by atoms with E-state index in [1.165, 1.54) is 31.0 Å². The lowest BCUT2D eigenvalue weighted by atomic mass is 9.83. The molecule has 2 aliphatic heterocycles. The molecule has 0 aliphatic carbocycles. The van der Waals surface area contributed by atoms with Crippen LogP contribution in [0.5, 0.6) is 11.5 Å². The van der Waals surface area contributed by atoms with Crippen molar-refractivity contribution in [3.63, 3.8) is 0 Å². The van der Waals surface area contributed by atoms with Crippen molar-refractivity contribution in [3.05, 3.63) is 67.0 Å². The Morgan fingerprint density at radius 1 is 1.11 bits per heavy atom. The summed E-state index contributed by atoms with van der Waals surface area (Å²) in [6.45, 7) is 0.804. The number of methoxy groups -OCH3 is 2. The van der Waals surface area contributed by atoms with E-state index < -0.39 is 21.7 Å². The molecule has 2 aromatic heterocycles. The third-order valence-corrected chi connectivity index (χ3v) is 6.78. The number of rotatable bonds is 5. The minimum atomic E-state index is -0.672. The zero-order chi connectivity index (χ0) is 24.9.